The highest BCUT2D eigenvalue weighted by Crippen LogP contribution is 2.28. The summed E-state index contributed by atoms with van der Waals surface area (Å²) in [7, 11) is 0. The molecule has 0 N–H and O–H groups in total. The van der Waals surface area contributed by atoms with Crippen LogP contribution in [0.15, 0.2) is 30.5 Å². The van der Waals surface area contributed by atoms with E-state index in [2.05, 4.69) is 24.0 Å². The fourth-order valence-corrected chi connectivity index (χ4v) is 3.08. The van der Waals surface area contributed by atoms with Crippen molar-refractivity contribution in [1.29, 1.82) is 0 Å². The summed E-state index contributed by atoms with van der Waals surface area (Å²) in [5, 5.41) is 1.08. The number of piperidine rings is 1. The molecule has 2 aromatic heterocycles. The molecule has 2 aromatic rings. The molecular formula is C18H23N3O. The number of hydrogen-bond acceptors (Lipinski definition) is 3. The molecule has 4 heteroatoms. The van der Waals surface area contributed by atoms with Crippen molar-refractivity contribution in [2.45, 2.75) is 39.0 Å². The molecule has 1 saturated heterocycles. The molecule has 0 bridgehead atoms. The average molecular weight is 297 g/mol. The van der Waals surface area contributed by atoms with Crippen LogP contribution in [-0.2, 0) is 4.79 Å². The van der Waals surface area contributed by atoms with Crippen LogP contribution < -0.4 is 0 Å². The molecule has 1 unspecified atom stereocenters. The highest BCUT2D eigenvalue weighted by molar-refractivity contribution is 5.78. The Balaban J connectivity index is 1.68. The molecule has 1 aliphatic heterocycles. The van der Waals surface area contributed by atoms with E-state index in [1.807, 2.05) is 24.0 Å². The molecule has 0 radical (unpaired) electrons. The summed E-state index contributed by atoms with van der Waals surface area (Å²) in [4.78, 5) is 23.3. The van der Waals surface area contributed by atoms with Crippen LogP contribution in [0.4, 0.5) is 0 Å². The maximum absolute atomic E-state index is 12.2. The molecule has 0 spiro atoms. The summed E-state index contributed by atoms with van der Waals surface area (Å²) >= 11 is 0. The molecule has 1 aliphatic rings. The predicted octanol–water partition coefficient (Wildman–Crippen LogP) is 3.38. The second-order valence-electron chi connectivity index (χ2n) is 6.20. The first-order valence-corrected chi connectivity index (χ1v) is 8.19. The second-order valence-corrected chi connectivity index (χ2v) is 6.20. The van der Waals surface area contributed by atoms with Gasteiger partial charge in [-0.3, -0.25) is 4.79 Å². The van der Waals surface area contributed by atoms with Gasteiger partial charge in [0.2, 0.25) is 5.91 Å². The SMILES string of the molecule is CCC(C)C(=O)N1CCC(c2ccc3cccnc3n2)CC1. The predicted molar refractivity (Wildman–Crippen MR) is 87.5 cm³/mol. The van der Waals surface area contributed by atoms with Crippen LogP contribution in [0.3, 0.4) is 0 Å². The van der Waals surface area contributed by atoms with Crippen molar-refractivity contribution >= 4 is 16.9 Å². The van der Waals surface area contributed by atoms with Gasteiger partial charge in [0.1, 0.15) is 0 Å². The molecule has 22 heavy (non-hydrogen) atoms. The molecule has 3 heterocycles. The van der Waals surface area contributed by atoms with Gasteiger partial charge in [0.25, 0.3) is 0 Å². The Morgan fingerprint density at radius 2 is 2.09 bits per heavy atom. The highest BCUT2D eigenvalue weighted by atomic mass is 16.2. The molecule has 0 saturated carbocycles. The van der Waals surface area contributed by atoms with E-state index >= 15 is 0 Å². The number of carbonyl (C=O) groups is 1. The van der Waals surface area contributed by atoms with Crippen LogP contribution in [0.25, 0.3) is 11.0 Å². The first kappa shape index (κ1) is 14.9. The van der Waals surface area contributed by atoms with Crippen molar-refractivity contribution in [1.82, 2.24) is 14.9 Å². The standard InChI is InChI=1S/C18H23N3O/c1-3-13(2)18(22)21-11-8-14(9-12-21)16-7-6-15-5-4-10-19-17(15)20-16/h4-7,10,13-14H,3,8-9,11-12H2,1-2H3. The maximum atomic E-state index is 12.2. The highest BCUT2D eigenvalue weighted by Gasteiger charge is 2.26. The molecule has 3 rings (SSSR count). The second kappa shape index (κ2) is 6.42. The van der Waals surface area contributed by atoms with Crippen LogP contribution in [0.2, 0.25) is 0 Å². The average Bonchev–Trinajstić information content (AvgIpc) is 2.60. The van der Waals surface area contributed by atoms with Crippen LogP contribution >= 0.6 is 0 Å². The summed E-state index contributed by atoms with van der Waals surface area (Å²) in [5.74, 6) is 0.876. The molecule has 0 aromatic carbocycles. The maximum Gasteiger partial charge on any atom is 0.225 e. The lowest BCUT2D eigenvalue weighted by atomic mass is 9.92. The molecule has 0 aliphatic carbocycles. The van der Waals surface area contributed by atoms with E-state index in [1.165, 1.54) is 0 Å². The van der Waals surface area contributed by atoms with Crippen molar-refractivity contribution in [3.05, 3.63) is 36.2 Å². The minimum atomic E-state index is 0.138. The van der Waals surface area contributed by atoms with Crippen molar-refractivity contribution in [3.8, 4) is 0 Å². The van der Waals surface area contributed by atoms with Gasteiger partial charge in [-0.05, 0) is 43.5 Å². The Labute approximate surface area is 131 Å². The topological polar surface area (TPSA) is 46.1 Å². The Kier molecular flexibility index (Phi) is 4.36. The Morgan fingerprint density at radius 1 is 1.32 bits per heavy atom. The summed E-state index contributed by atoms with van der Waals surface area (Å²) in [6.45, 7) is 5.78. The van der Waals surface area contributed by atoms with Gasteiger partial charge in [-0.1, -0.05) is 13.8 Å². The number of likely N-dealkylation sites (tertiary alicyclic amines) is 1. The lowest BCUT2D eigenvalue weighted by Gasteiger charge is -2.33. The van der Waals surface area contributed by atoms with Gasteiger partial charge in [0.05, 0.1) is 0 Å². The van der Waals surface area contributed by atoms with E-state index in [9.17, 15) is 4.79 Å². The number of amides is 1. The molecular weight excluding hydrogens is 274 g/mol. The number of pyridine rings is 2. The van der Waals surface area contributed by atoms with Gasteiger partial charge in [0.15, 0.2) is 5.65 Å². The fourth-order valence-electron chi connectivity index (χ4n) is 3.08. The van der Waals surface area contributed by atoms with Gasteiger partial charge in [-0.25, -0.2) is 9.97 Å². The smallest absolute Gasteiger partial charge is 0.225 e. The molecule has 4 nitrogen and oxygen atoms in total. The van der Waals surface area contributed by atoms with E-state index < -0.39 is 0 Å². The van der Waals surface area contributed by atoms with Crippen LogP contribution in [0, 0.1) is 5.92 Å². The molecule has 1 atom stereocenters. The summed E-state index contributed by atoms with van der Waals surface area (Å²) < 4.78 is 0. The Bertz CT molecular complexity index is 662. The summed E-state index contributed by atoms with van der Waals surface area (Å²) in [5.41, 5.74) is 1.93. The van der Waals surface area contributed by atoms with Crippen molar-refractivity contribution in [2.24, 2.45) is 5.92 Å². The third-order valence-electron chi connectivity index (χ3n) is 4.74. The van der Waals surface area contributed by atoms with Crippen molar-refractivity contribution in [2.75, 3.05) is 13.1 Å². The molecule has 1 amide bonds. The first-order chi connectivity index (χ1) is 10.7. The molecule has 1 fully saturated rings. The summed E-state index contributed by atoms with van der Waals surface area (Å²) in [6.07, 6.45) is 4.68. The van der Waals surface area contributed by atoms with Gasteiger partial charge < -0.3 is 4.90 Å². The van der Waals surface area contributed by atoms with Gasteiger partial charge >= 0.3 is 0 Å². The van der Waals surface area contributed by atoms with Crippen LogP contribution in [-0.4, -0.2) is 33.9 Å². The minimum absolute atomic E-state index is 0.138. The quantitative estimate of drug-likeness (QED) is 0.872. The number of hydrogen-bond donors (Lipinski definition) is 0. The lowest BCUT2D eigenvalue weighted by molar-refractivity contribution is -0.136. The number of fused-ring (bicyclic) bond motifs is 1. The monoisotopic (exact) mass is 297 g/mol. The Hall–Kier alpha value is -1.97. The number of carbonyl (C=O) groups excluding carboxylic acids is 1. The minimum Gasteiger partial charge on any atom is -0.342 e. The zero-order valence-corrected chi connectivity index (χ0v) is 13.3. The first-order valence-electron chi connectivity index (χ1n) is 8.19. The molecule has 116 valence electrons. The van der Waals surface area contributed by atoms with Crippen molar-refractivity contribution in [3.63, 3.8) is 0 Å². The Morgan fingerprint density at radius 3 is 2.82 bits per heavy atom. The number of nitrogens with zero attached hydrogens (tertiary/aromatic N) is 3. The number of aromatic nitrogens is 2. The van der Waals surface area contributed by atoms with E-state index in [0.717, 1.165) is 49.1 Å². The van der Waals surface area contributed by atoms with Gasteiger partial charge in [-0.2, -0.15) is 0 Å². The zero-order chi connectivity index (χ0) is 15.5. The third kappa shape index (κ3) is 2.96. The van der Waals surface area contributed by atoms with E-state index in [0.29, 0.717) is 11.8 Å². The van der Waals surface area contributed by atoms with Gasteiger partial charge in [-0.15, -0.1) is 0 Å². The van der Waals surface area contributed by atoms with E-state index in [-0.39, 0.29) is 5.92 Å². The fraction of sp³-hybridized carbons (Fsp3) is 0.500. The largest absolute Gasteiger partial charge is 0.342 e. The lowest BCUT2D eigenvalue weighted by Crippen LogP contribution is -2.40. The zero-order valence-electron chi connectivity index (χ0n) is 13.3. The number of rotatable bonds is 3. The summed E-state index contributed by atoms with van der Waals surface area (Å²) in [6, 6.07) is 8.18. The van der Waals surface area contributed by atoms with Crippen molar-refractivity contribution < 1.29 is 4.79 Å². The van der Waals surface area contributed by atoms with Gasteiger partial charge in [0, 0.05) is 42.2 Å². The normalized spacial score (nSPS) is 17.6. The van der Waals surface area contributed by atoms with Crippen LogP contribution in [0.5, 0.6) is 0 Å². The van der Waals surface area contributed by atoms with Crippen LogP contribution in [0.1, 0.15) is 44.7 Å². The van der Waals surface area contributed by atoms with E-state index in [1.54, 1.807) is 6.20 Å². The third-order valence-corrected chi connectivity index (χ3v) is 4.74. The van der Waals surface area contributed by atoms with E-state index in [4.69, 9.17) is 4.98 Å².